The highest BCUT2D eigenvalue weighted by atomic mass is 16.5. The van der Waals surface area contributed by atoms with Gasteiger partial charge in [0.25, 0.3) is 5.91 Å². The zero-order valence-corrected chi connectivity index (χ0v) is 16.3. The Morgan fingerprint density at radius 2 is 1.63 bits per heavy atom. The minimum Gasteiger partial charge on any atom is -0.484 e. The van der Waals surface area contributed by atoms with Crippen molar-refractivity contribution in [3.8, 4) is 17.2 Å². The van der Waals surface area contributed by atoms with Gasteiger partial charge in [0.1, 0.15) is 5.75 Å². The number of aromatic nitrogens is 2. The lowest BCUT2D eigenvalue weighted by Gasteiger charge is -2.20. The molecule has 0 bridgehead atoms. The maximum Gasteiger partial charge on any atom is 0.258 e. The summed E-state index contributed by atoms with van der Waals surface area (Å²) in [5.41, 5.74) is 3.00. The van der Waals surface area contributed by atoms with Crippen LogP contribution >= 0.6 is 0 Å². The molecule has 4 aromatic rings. The van der Waals surface area contributed by atoms with Gasteiger partial charge in [-0.1, -0.05) is 60.7 Å². The second kappa shape index (κ2) is 9.52. The molecular formula is C24H21N3O3. The molecule has 1 amide bonds. The number of nitrogens with zero attached hydrogens (tertiary/aromatic N) is 2. The minimum atomic E-state index is -0.180. The highest BCUT2D eigenvalue weighted by Gasteiger charge is 2.16. The lowest BCUT2D eigenvalue weighted by Crippen LogP contribution is -2.33. The Kier molecular flexibility index (Phi) is 6.15. The van der Waals surface area contributed by atoms with E-state index in [1.807, 2.05) is 60.7 Å². The van der Waals surface area contributed by atoms with Gasteiger partial charge in [-0.2, -0.15) is 0 Å². The van der Waals surface area contributed by atoms with E-state index in [0.29, 0.717) is 18.1 Å². The lowest BCUT2D eigenvalue weighted by molar-refractivity contribution is -0.123. The van der Waals surface area contributed by atoms with Crippen LogP contribution in [0.2, 0.25) is 0 Å². The lowest BCUT2D eigenvalue weighted by atomic mass is 9.99. The van der Waals surface area contributed by atoms with Crippen LogP contribution in [0.15, 0.2) is 95.7 Å². The number of nitrogens with one attached hydrogen (secondary N) is 1. The van der Waals surface area contributed by atoms with Crippen LogP contribution in [0.1, 0.15) is 17.2 Å². The number of amides is 1. The highest BCUT2D eigenvalue weighted by Crippen LogP contribution is 2.21. The molecule has 4 rings (SSSR count). The van der Waals surface area contributed by atoms with Crippen LogP contribution in [0.3, 0.4) is 0 Å². The largest absolute Gasteiger partial charge is 0.484 e. The van der Waals surface area contributed by atoms with E-state index in [4.69, 9.17) is 9.15 Å². The van der Waals surface area contributed by atoms with Gasteiger partial charge in [0.15, 0.2) is 6.61 Å². The number of ether oxygens (including phenoxy) is 1. The average Bonchev–Trinajstić information content (AvgIpc) is 3.34. The summed E-state index contributed by atoms with van der Waals surface area (Å²) in [6.07, 6.45) is 1.98. The zero-order valence-electron chi connectivity index (χ0n) is 16.3. The smallest absolute Gasteiger partial charge is 0.258 e. The topological polar surface area (TPSA) is 77.2 Å². The molecule has 1 aromatic heterocycles. The van der Waals surface area contributed by atoms with Crippen molar-refractivity contribution in [1.29, 1.82) is 0 Å². The summed E-state index contributed by atoms with van der Waals surface area (Å²) in [6, 6.07) is 27.1. The fourth-order valence-corrected chi connectivity index (χ4v) is 3.16. The summed E-state index contributed by atoms with van der Waals surface area (Å²) in [4.78, 5) is 12.6. The average molecular weight is 399 g/mol. The molecular weight excluding hydrogens is 378 g/mol. The van der Waals surface area contributed by atoms with E-state index in [1.54, 1.807) is 12.1 Å². The number of carbonyl (C=O) groups excluding carboxylic acids is 1. The van der Waals surface area contributed by atoms with Gasteiger partial charge in [-0.05, 0) is 41.8 Å². The van der Waals surface area contributed by atoms with Crippen molar-refractivity contribution < 1.29 is 13.9 Å². The molecule has 0 saturated carbocycles. The van der Waals surface area contributed by atoms with Crippen LogP contribution in [0.4, 0.5) is 0 Å². The SMILES string of the molecule is O=C(COc1ccc(-c2nnco2)cc1)N[C@H](Cc1ccccc1)c1ccccc1. The van der Waals surface area contributed by atoms with Crippen LogP contribution < -0.4 is 10.1 Å². The Morgan fingerprint density at radius 3 is 2.30 bits per heavy atom. The summed E-state index contributed by atoms with van der Waals surface area (Å²) in [5, 5.41) is 10.6. The molecule has 0 unspecified atom stereocenters. The normalized spacial score (nSPS) is 11.6. The molecule has 1 heterocycles. The maximum atomic E-state index is 12.6. The van der Waals surface area contributed by atoms with Gasteiger partial charge in [-0.25, -0.2) is 0 Å². The molecule has 3 aromatic carbocycles. The molecule has 0 spiro atoms. The fourth-order valence-electron chi connectivity index (χ4n) is 3.16. The Balaban J connectivity index is 1.37. The molecule has 0 radical (unpaired) electrons. The van der Waals surface area contributed by atoms with Crippen molar-refractivity contribution in [3.05, 3.63) is 102 Å². The minimum absolute atomic E-state index is 0.0714. The number of rotatable bonds is 8. The Bertz CT molecular complexity index is 1050. The fraction of sp³-hybridized carbons (Fsp3) is 0.125. The van der Waals surface area contributed by atoms with Gasteiger partial charge in [0.2, 0.25) is 12.3 Å². The molecule has 0 fully saturated rings. The molecule has 1 atom stereocenters. The van der Waals surface area contributed by atoms with E-state index in [1.165, 1.54) is 6.39 Å². The Hall–Kier alpha value is -3.93. The van der Waals surface area contributed by atoms with Crippen molar-refractivity contribution in [3.63, 3.8) is 0 Å². The summed E-state index contributed by atoms with van der Waals surface area (Å²) < 4.78 is 10.8. The van der Waals surface area contributed by atoms with Crippen molar-refractivity contribution in [1.82, 2.24) is 15.5 Å². The van der Waals surface area contributed by atoms with Crippen molar-refractivity contribution in [2.75, 3.05) is 6.61 Å². The van der Waals surface area contributed by atoms with Gasteiger partial charge >= 0.3 is 0 Å². The summed E-state index contributed by atoms with van der Waals surface area (Å²) in [7, 11) is 0. The first-order chi connectivity index (χ1) is 14.8. The van der Waals surface area contributed by atoms with Crippen molar-refractivity contribution in [2.24, 2.45) is 0 Å². The quantitative estimate of drug-likeness (QED) is 0.480. The van der Waals surface area contributed by atoms with Crippen molar-refractivity contribution >= 4 is 5.91 Å². The number of benzene rings is 3. The molecule has 0 aliphatic carbocycles. The highest BCUT2D eigenvalue weighted by molar-refractivity contribution is 5.78. The summed E-state index contributed by atoms with van der Waals surface area (Å²) >= 11 is 0. The van der Waals surface area contributed by atoms with E-state index in [9.17, 15) is 4.79 Å². The van der Waals surface area contributed by atoms with Crippen LogP contribution in [0, 0.1) is 0 Å². The van der Waals surface area contributed by atoms with Gasteiger partial charge in [0.05, 0.1) is 6.04 Å². The third kappa shape index (κ3) is 5.11. The van der Waals surface area contributed by atoms with Crippen LogP contribution in [0.5, 0.6) is 5.75 Å². The number of carbonyl (C=O) groups is 1. The number of hydrogen-bond donors (Lipinski definition) is 1. The second-order valence-corrected chi connectivity index (χ2v) is 6.78. The first-order valence-corrected chi connectivity index (χ1v) is 9.65. The van der Waals surface area contributed by atoms with Gasteiger partial charge in [0, 0.05) is 5.56 Å². The molecule has 0 aliphatic rings. The number of hydrogen-bond acceptors (Lipinski definition) is 5. The molecule has 30 heavy (non-hydrogen) atoms. The van der Waals surface area contributed by atoms with Gasteiger partial charge < -0.3 is 14.5 Å². The third-order valence-corrected chi connectivity index (χ3v) is 4.65. The first kappa shape index (κ1) is 19.4. The van der Waals surface area contributed by atoms with E-state index in [-0.39, 0.29) is 18.6 Å². The summed E-state index contributed by atoms with van der Waals surface area (Å²) in [5.74, 6) is 0.847. The molecule has 1 N–H and O–H groups in total. The third-order valence-electron chi connectivity index (χ3n) is 4.65. The van der Waals surface area contributed by atoms with E-state index < -0.39 is 0 Å². The van der Waals surface area contributed by atoms with Crippen molar-refractivity contribution in [2.45, 2.75) is 12.5 Å². The zero-order chi connectivity index (χ0) is 20.6. The maximum absolute atomic E-state index is 12.6. The molecule has 150 valence electrons. The van der Waals surface area contributed by atoms with Crippen LogP contribution in [-0.2, 0) is 11.2 Å². The Labute approximate surface area is 174 Å². The molecule has 0 aliphatic heterocycles. The van der Waals surface area contributed by atoms with E-state index in [2.05, 4.69) is 27.6 Å². The summed E-state index contributed by atoms with van der Waals surface area (Å²) in [6.45, 7) is -0.0714. The monoisotopic (exact) mass is 399 g/mol. The van der Waals surface area contributed by atoms with Crippen LogP contribution in [-0.4, -0.2) is 22.7 Å². The van der Waals surface area contributed by atoms with E-state index >= 15 is 0 Å². The Morgan fingerprint density at radius 1 is 0.933 bits per heavy atom. The standard InChI is InChI=1S/C24H21N3O3/c28-23(16-29-21-13-11-20(12-14-21)24-27-25-17-30-24)26-22(19-9-5-2-6-10-19)15-18-7-3-1-4-8-18/h1-14,17,22H,15-16H2,(H,26,28)/t22-/m1/s1. The second-order valence-electron chi connectivity index (χ2n) is 6.78. The van der Waals surface area contributed by atoms with Crippen LogP contribution in [0.25, 0.3) is 11.5 Å². The van der Waals surface area contributed by atoms with Gasteiger partial charge in [-0.3, -0.25) is 4.79 Å². The molecule has 0 saturated heterocycles. The first-order valence-electron chi connectivity index (χ1n) is 9.65. The molecule has 6 nitrogen and oxygen atoms in total. The molecule has 6 heteroatoms. The predicted molar refractivity (Wildman–Crippen MR) is 113 cm³/mol. The predicted octanol–water partition coefficient (Wildman–Crippen LogP) is 4.22. The van der Waals surface area contributed by atoms with Gasteiger partial charge in [-0.15, -0.1) is 10.2 Å². The van der Waals surface area contributed by atoms with E-state index in [0.717, 1.165) is 16.7 Å².